The number of ketones is 1. The standard InChI is InChI=1S/C18H24N3O5PS/c1-25-27(24,26-2)14(17(23)12-7-9-19-10-8-12)11-16(22)21-18-20-13-5-3-4-6-15(13)28-18/h3-6,12,14,19H,7-11H2,1-2H3,(H,20,21,22). The minimum Gasteiger partial charge on any atom is -0.317 e. The summed E-state index contributed by atoms with van der Waals surface area (Å²) in [6, 6.07) is 7.53. The molecule has 0 saturated carbocycles. The summed E-state index contributed by atoms with van der Waals surface area (Å²) in [5, 5.41) is 6.34. The van der Waals surface area contributed by atoms with E-state index in [1.807, 2.05) is 24.3 Å². The predicted molar refractivity (Wildman–Crippen MR) is 109 cm³/mol. The van der Waals surface area contributed by atoms with Gasteiger partial charge in [-0.3, -0.25) is 14.2 Å². The third-order valence-corrected chi connectivity index (χ3v) is 8.05. The highest BCUT2D eigenvalue weighted by atomic mass is 32.1. The maximum absolute atomic E-state index is 13.0. The Morgan fingerprint density at radius 1 is 1.29 bits per heavy atom. The zero-order valence-corrected chi connectivity index (χ0v) is 17.6. The molecule has 2 heterocycles. The number of anilines is 1. The third kappa shape index (κ3) is 4.67. The summed E-state index contributed by atoms with van der Waals surface area (Å²) in [6.45, 7) is 1.43. The lowest BCUT2D eigenvalue weighted by Crippen LogP contribution is -2.38. The Kier molecular flexibility index (Phi) is 6.95. The predicted octanol–water partition coefficient (Wildman–Crippen LogP) is 3.05. The molecule has 1 aromatic heterocycles. The highest BCUT2D eigenvalue weighted by Gasteiger charge is 2.43. The maximum atomic E-state index is 13.0. The maximum Gasteiger partial charge on any atom is 0.341 e. The molecule has 1 aliphatic heterocycles. The van der Waals surface area contributed by atoms with Crippen molar-refractivity contribution in [3.8, 4) is 0 Å². The Labute approximate surface area is 167 Å². The number of piperidine rings is 1. The van der Waals surface area contributed by atoms with E-state index in [2.05, 4.69) is 15.6 Å². The van der Waals surface area contributed by atoms with E-state index in [1.54, 1.807) is 0 Å². The van der Waals surface area contributed by atoms with Gasteiger partial charge in [0.05, 0.1) is 10.2 Å². The molecule has 28 heavy (non-hydrogen) atoms. The lowest BCUT2D eigenvalue weighted by Gasteiger charge is -2.28. The van der Waals surface area contributed by atoms with Crippen molar-refractivity contribution < 1.29 is 23.2 Å². The largest absolute Gasteiger partial charge is 0.341 e. The first kappa shape index (κ1) is 21.1. The highest BCUT2D eigenvalue weighted by Crippen LogP contribution is 2.54. The van der Waals surface area contributed by atoms with Crippen LogP contribution >= 0.6 is 18.9 Å². The number of nitrogens with one attached hydrogen (secondary N) is 2. The second kappa shape index (κ2) is 9.24. The van der Waals surface area contributed by atoms with Crippen LogP contribution in [-0.4, -0.2) is 49.6 Å². The monoisotopic (exact) mass is 425 g/mol. The van der Waals surface area contributed by atoms with Crippen LogP contribution in [0.5, 0.6) is 0 Å². The molecule has 2 aromatic rings. The van der Waals surface area contributed by atoms with Gasteiger partial charge >= 0.3 is 7.60 Å². The quantitative estimate of drug-likeness (QED) is 0.626. The minimum absolute atomic E-state index is 0.243. The molecule has 1 aromatic carbocycles. The van der Waals surface area contributed by atoms with Crippen LogP contribution in [0.1, 0.15) is 19.3 Å². The van der Waals surface area contributed by atoms with Crippen molar-refractivity contribution >= 4 is 46.0 Å². The van der Waals surface area contributed by atoms with Gasteiger partial charge in [0.25, 0.3) is 0 Å². The van der Waals surface area contributed by atoms with Gasteiger partial charge in [-0.1, -0.05) is 23.5 Å². The number of amides is 1. The van der Waals surface area contributed by atoms with Gasteiger partial charge in [-0.25, -0.2) is 4.98 Å². The van der Waals surface area contributed by atoms with E-state index in [0.717, 1.165) is 10.2 Å². The Balaban J connectivity index is 1.76. The molecule has 3 rings (SSSR count). The van der Waals surface area contributed by atoms with Gasteiger partial charge in [0, 0.05) is 26.6 Å². The molecule has 0 spiro atoms. The van der Waals surface area contributed by atoms with Crippen molar-refractivity contribution in [1.82, 2.24) is 10.3 Å². The SMILES string of the molecule is COP(=O)(OC)C(CC(=O)Nc1nc2ccccc2s1)C(=O)C1CCNCC1. The first-order valence-corrected chi connectivity index (χ1v) is 11.5. The fourth-order valence-electron chi connectivity index (χ4n) is 3.35. The van der Waals surface area contributed by atoms with Gasteiger partial charge in [0.2, 0.25) is 5.91 Å². The molecule has 1 fully saturated rings. The van der Waals surface area contributed by atoms with Gasteiger partial charge in [-0.05, 0) is 38.1 Å². The number of carbonyl (C=O) groups excluding carboxylic acids is 2. The molecular weight excluding hydrogens is 401 g/mol. The molecular formula is C18H24N3O5PS. The molecule has 10 heteroatoms. The number of hydrogen-bond acceptors (Lipinski definition) is 8. The summed E-state index contributed by atoms with van der Waals surface area (Å²) in [7, 11) is -1.28. The number of aromatic nitrogens is 1. The Morgan fingerprint density at radius 2 is 1.96 bits per heavy atom. The van der Waals surface area contributed by atoms with Crippen molar-refractivity contribution in [1.29, 1.82) is 0 Å². The lowest BCUT2D eigenvalue weighted by molar-refractivity contribution is -0.126. The van der Waals surface area contributed by atoms with Crippen molar-refractivity contribution in [2.75, 3.05) is 32.6 Å². The van der Waals surface area contributed by atoms with Gasteiger partial charge < -0.3 is 19.7 Å². The Hall–Kier alpha value is -1.64. The van der Waals surface area contributed by atoms with Gasteiger partial charge in [-0.15, -0.1) is 0 Å². The smallest absolute Gasteiger partial charge is 0.317 e. The average molecular weight is 425 g/mol. The zero-order valence-electron chi connectivity index (χ0n) is 15.8. The van der Waals surface area contributed by atoms with Gasteiger partial charge in [0.15, 0.2) is 10.9 Å². The fourth-order valence-corrected chi connectivity index (χ4v) is 5.80. The average Bonchev–Trinajstić information content (AvgIpc) is 3.13. The van der Waals surface area contributed by atoms with E-state index < -0.39 is 19.2 Å². The highest BCUT2D eigenvalue weighted by molar-refractivity contribution is 7.55. The van der Waals surface area contributed by atoms with Crippen LogP contribution in [0.25, 0.3) is 10.2 Å². The molecule has 2 N–H and O–H groups in total. The van der Waals surface area contributed by atoms with Gasteiger partial charge in [-0.2, -0.15) is 0 Å². The first-order valence-electron chi connectivity index (χ1n) is 9.08. The number of thiazole rings is 1. The number of para-hydroxylation sites is 1. The minimum atomic E-state index is -3.75. The first-order chi connectivity index (χ1) is 13.5. The molecule has 0 aliphatic carbocycles. The Bertz CT molecular complexity index is 855. The number of fused-ring (bicyclic) bond motifs is 1. The molecule has 1 unspecified atom stereocenters. The van der Waals surface area contributed by atoms with Crippen LogP contribution in [0.2, 0.25) is 0 Å². The summed E-state index contributed by atoms with van der Waals surface area (Å²) in [4.78, 5) is 30.0. The van der Waals surface area contributed by atoms with Crippen LogP contribution < -0.4 is 10.6 Å². The van der Waals surface area contributed by atoms with E-state index >= 15 is 0 Å². The van der Waals surface area contributed by atoms with E-state index in [9.17, 15) is 14.2 Å². The third-order valence-electron chi connectivity index (χ3n) is 4.88. The molecule has 1 atom stereocenters. The molecule has 8 nitrogen and oxygen atoms in total. The fraction of sp³-hybridized carbons (Fsp3) is 0.500. The molecule has 152 valence electrons. The van der Waals surface area contributed by atoms with Gasteiger partial charge in [0.1, 0.15) is 5.66 Å². The van der Waals surface area contributed by atoms with Crippen LogP contribution in [0, 0.1) is 5.92 Å². The van der Waals surface area contributed by atoms with E-state index in [0.29, 0.717) is 31.1 Å². The topological polar surface area (TPSA) is 107 Å². The zero-order chi connectivity index (χ0) is 20.1. The summed E-state index contributed by atoms with van der Waals surface area (Å²) in [6.07, 6.45) is 1.00. The number of carbonyl (C=O) groups is 2. The van der Waals surface area contributed by atoms with Crippen molar-refractivity contribution in [3.05, 3.63) is 24.3 Å². The van der Waals surface area contributed by atoms with Crippen LogP contribution in [0.3, 0.4) is 0 Å². The second-order valence-corrected chi connectivity index (χ2v) is 10.1. The number of rotatable bonds is 8. The van der Waals surface area contributed by atoms with Crippen molar-refractivity contribution in [2.24, 2.45) is 5.92 Å². The second-order valence-electron chi connectivity index (χ2n) is 6.59. The summed E-state index contributed by atoms with van der Waals surface area (Å²) in [5.74, 6) is -0.950. The van der Waals surface area contributed by atoms with Crippen LogP contribution in [-0.2, 0) is 23.2 Å². The Morgan fingerprint density at radius 3 is 2.61 bits per heavy atom. The molecule has 1 amide bonds. The lowest BCUT2D eigenvalue weighted by atomic mass is 9.91. The number of hydrogen-bond donors (Lipinski definition) is 2. The molecule has 0 bridgehead atoms. The van der Waals surface area contributed by atoms with E-state index in [-0.39, 0.29) is 18.1 Å². The summed E-state index contributed by atoms with van der Waals surface area (Å²) < 4.78 is 24.1. The summed E-state index contributed by atoms with van der Waals surface area (Å²) in [5.41, 5.74) is -0.357. The van der Waals surface area contributed by atoms with E-state index in [1.165, 1.54) is 25.6 Å². The van der Waals surface area contributed by atoms with Crippen LogP contribution in [0.15, 0.2) is 24.3 Å². The number of nitrogens with zero attached hydrogens (tertiary/aromatic N) is 1. The molecule has 0 radical (unpaired) electrons. The van der Waals surface area contributed by atoms with Crippen molar-refractivity contribution in [2.45, 2.75) is 24.9 Å². The van der Waals surface area contributed by atoms with Crippen molar-refractivity contribution in [3.63, 3.8) is 0 Å². The van der Waals surface area contributed by atoms with Crippen LogP contribution in [0.4, 0.5) is 5.13 Å². The van der Waals surface area contributed by atoms with E-state index in [4.69, 9.17) is 9.05 Å². The normalized spacial score (nSPS) is 16.8. The summed E-state index contributed by atoms with van der Waals surface area (Å²) >= 11 is 1.34. The number of benzene rings is 1. The molecule has 1 saturated heterocycles. The molecule has 1 aliphatic rings. The number of Topliss-reactive ketones (excluding diaryl/α,β-unsaturated/α-hetero) is 1.